The van der Waals surface area contributed by atoms with Gasteiger partial charge in [0.15, 0.2) is 0 Å². The molecule has 0 spiro atoms. The maximum atomic E-state index is 12.5. The van der Waals surface area contributed by atoms with Crippen molar-refractivity contribution in [3.05, 3.63) is 107 Å². The van der Waals surface area contributed by atoms with E-state index in [0.29, 0.717) is 11.3 Å². The van der Waals surface area contributed by atoms with Gasteiger partial charge < -0.3 is 5.32 Å². The molecule has 30 heavy (non-hydrogen) atoms. The molecule has 0 saturated carbocycles. The maximum absolute atomic E-state index is 12.5. The molecule has 3 amide bonds. The highest BCUT2D eigenvalue weighted by Crippen LogP contribution is 2.15. The highest BCUT2D eigenvalue weighted by Gasteiger charge is 2.13. The van der Waals surface area contributed by atoms with Gasteiger partial charge in [-0.2, -0.15) is 0 Å². The third-order valence-corrected chi connectivity index (χ3v) is 4.23. The van der Waals surface area contributed by atoms with Crippen LogP contribution in [0.2, 0.25) is 0 Å². The zero-order chi connectivity index (χ0) is 21.3. The van der Waals surface area contributed by atoms with E-state index in [1.54, 1.807) is 48.5 Å². The van der Waals surface area contributed by atoms with Gasteiger partial charge in [0.2, 0.25) is 5.91 Å². The van der Waals surface area contributed by atoms with E-state index >= 15 is 0 Å². The van der Waals surface area contributed by atoms with Gasteiger partial charge in [-0.1, -0.05) is 60.2 Å². The molecule has 0 aromatic heterocycles. The topological polar surface area (TPSA) is 87.3 Å². The van der Waals surface area contributed by atoms with Gasteiger partial charge in [-0.3, -0.25) is 25.2 Å². The van der Waals surface area contributed by atoms with Crippen LogP contribution in [0.5, 0.6) is 0 Å². The molecule has 0 fully saturated rings. The number of para-hydroxylation sites is 1. The number of benzene rings is 3. The van der Waals surface area contributed by atoms with Crippen molar-refractivity contribution in [1.82, 2.24) is 10.9 Å². The van der Waals surface area contributed by atoms with E-state index in [2.05, 4.69) is 16.2 Å². The van der Waals surface area contributed by atoms with Crippen LogP contribution in [-0.2, 0) is 4.79 Å². The average Bonchev–Trinajstić information content (AvgIpc) is 2.77. The largest absolute Gasteiger partial charge is 0.322 e. The van der Waals surface area contributed by atoms with Crippen LogP contribution in [0.4, 0.5) is 5.69 Å². The molecule has 0 atom stereocenters. The summed E-state index contributed by atoms with van der Waals surface area (Å²) in [5.41, 5.74) is 7.58. The van der Waals surface area contributed by atoms with Gasteiger partial charge in [0.25, 0.3) is 11.8 Å². The molecule has 0 saturated heterocycles. The van der Waals surface area contributed by atoms with E-state index in [9.17, 15) is 14.4 Å². The Labute approximate surface area is 174 Å². The van der Waals surface area contributed by atoms with E-state index in [1.165, 1.54) is 6.08 Å². The number of aryl methyl sites for hydroxylation is 1. The van der Waals surface area contributed by atoms with Crippen molar-refractivity contribution in [2.75, 3.05) is 5.32 Å². The van der Waals surface area contributed by atoms with Crippen LogP contribution in [0, 0.1) is 6.92 Å². The van der Waals surface area contributed by atoms with Gasteiger partial charge in [-0.15, -0.1) is 0 Å². The van der Waals surface area contributed by atoms with E-state index in [4.69, 9.17) is 0 Å². The molecule has 3 aromatic rings. The van der Waals surface area contributed by atoms with Gasteiger partial charge in [-0.05, 0) is 42.8 Å². The number of hydrogen-bond donors (Lipinski definition) is 3. The molecule has 0 bridgehead atoms. The number of amides is 3. The van der Waals surface area contributed by atoms with Crippen LogP contribution in [0.25, 0.3) is 6.08 Å². The smallest absolute Gasteiger partial charge is 0.271 e. The van der Waals surface area contributed by atoms with Crippen molar-refractivity contribution < 1.29 is 14.4 Å². The number of hydrazine groups is 1. The molecule has 6 heteroatoms. The first-order chi connectivity index (χ1) is 14.5. The third-order valence-electron chi connectivity index (χ3n) is 4.23. The average molecular weight is 399 g/mol. The molecule has 3 N–H and O–H groups in total. The predicted octanol–water partition coefficient (Wildman–Crippen LogP) is 3.72. The van der Waals surface area contributed by atoms with Gasteiger partial charge >= 0.3 is 0 Å². The summed E-state index contributed by atoms with van der Waals surface area (Å²) in [4.78, 5) is 37.0. The normalized spacial score (nSPS) is 10.4. The zero-order valence-corrected chi connectivity index (χ0v) is 16.4. The third kappa shape index (κ3) is 5.65. The summed E-state index contributed by atoms with van der Waals surface area (Å²) in [7, 11) is 0. The molecular formula is C24H21N3O3. The number of anilines is 1. The fraction of sp³-hybridized carbons (Fsp3) is 0.0417. The lowest BCUT2D eigenvalue weighted by Gasteiger charge is -2.11. The van der Waals surface area contributed by atoms with Gasteiger partial charge in [-0.25, -0.2) is 0 Å². The van der Waals surface area contributed by atoms with Gasteiger partial charge in [0.1, 0.15) is 0 Å². The minimum atomic E-state index is -0.543. The van der Waals surface area contributed by atoms with E-state index in [1.807, 2.05) is 43.3 Å². The first-order valence-corrected chi connectivity index (χ1v) is 9.33. The van der Waals surface area contributed by atoms with Crippen LogP contribution >= 0.6 is 0 Å². The molecule has 0 aliphatic rings. The van der Waals surface area contributed by atoms with E-state index in [-0.39, 0.29) is 11.5 Å². The molecule has 0 heterocycles. The Morgan fingerprint density at radius 2 is 1.47 bits per heavy atom. The molecule has 0 aliphatic carbocycles. The molecule has 0 aliphatic heterocycles. The minimum absolute atomic E-state index is 0.225. The summed E-state index contributed by atoms with van der Waals surface area (Å²) in [6, 6.07) is 23.0. The van der Waals surface area contributed by atoms with Crippen LogP contribution in [0.3, 0.4) is 0 Å². The number of hydrogen-bond acceptors (Lipinski definition) is 3. The summed E-state index contributed by atoms with van der Waals surface area (Å²) < 4.78 is 0. The summed E-state index contributed by atoms with van der Waals surface area (Å²) >= 11 is 0. The Hall–Kier alpha value is -4.19. The fourth-order valence-electron chi connectivity index (χ4n) is 2.74. The minimum Gasteiger partial charge on any atom is -0.322 e. The predicted molar refractivity (Wildman–Crippen MR) is 117 cm³/mol. The summed E-state index contributed by atoms with van der Waals surface area (Å²) in [6.07, 6.45) is 3.07. The number of rotatable bonds is 5. The lowest BCUT2D eigenvalue weighted by molar-refractivity contribution is -0.111. The molecule has 6 nitrogen and oxygen atoms in total. The molecule has 3 rings (SSSR count). The highest BCUT2D eigenvalue weighted by molar-refractivity contribution is 6.08. The maximum Gasteiger partial charge on any atom is 0.271 e. The van der Waals surface area contributed by atoms with Crippen molar-refractivity contribution in [2.45, 2.75) is 6.92 Å². The Balaban J connectivity index is 1.64. The summed E-state index contributed by atoms with van der Waals surface area (Å²) in [5.74, 6) is -1.35. The first-order valence-electron chi connectivity index (χ1n) is 9.33. The Bertz CT molecular complexity index is 1090. The quantitative estimate of drug-likeness (QED) is 0.451. The van der Waals surface area contributed by atoms with Crippen LogP contribution in [0.1, 0.15) is 31.8 Å². The second-order valence-electron chi connectivity index (χ2n) is 6.56. The van der Waals surface area contributed by atoms with E-state index in [0.717, 1.165) is 11.1 Å². The Kier molecular flexibility index (Phi) is 6.74. The van der Waals surface area contributed by atoms with Crippen molar-refractivity contribution in [3.8, 4) is 0 Å². The number of nitrogens with one attached hydrogen (secondary N) is 3. The van der Waals surface area contributed by atoms with Crippen molar-refractivity contribution in [2.24, 2.45) is 0 Å². The summed E-state index contributed by atoms with van der Waals surface area (Å²) in [5, 5.41) is 2.69. The molecular weight excluding hydrogens is 378 g/mol. The van der Waals surface area contributed by atoms with Gasteiger partial charge in [0.05, 0.1) is 11.3 Å². The second kappa shape index (κ2) is 9.84. The lowest BCUT2D eigenvalue weighted by Crippen LogP contribution is -2.41. The Morgan fingerprint density at radius 1 is 0.767 bits per heavy atom. The van der Waals surface area contributed by atoms with E-state index < -0.39 is 11.8 Å². The molecule has 3 aromatic carbocycles. The summed E-state index contributed by atoms with van der Waals surface area (Å²) in [6.45, 7) is 1.88. The fourth-order valence-corrected chi connectivity index (χ4v) is 2.74. The van der Waals surface area contributed by atoms with Crippen LogP contribution in [0.15, 0.2) is 84.9 Å². The second-order valence-corrected chi connectivity index (χ2v) is 6.56. The standard InChI is InChI=1S/C24H21N3O3/c1-17-8-7-11-19(16-17)23(29)26-27-24(30)20-12-5-6-13-21(20)25-22(28)15-14-18-9-3-2-4-10-18/h2-16H,1H3,(H,25,28)(H,26,29)(H,27,30)/b15-14+. The van der Waals surface area contributed by atoms with Crippen LogP contribution < -0.4 is 16.2 Å². The molecule has 0 unspecified atom stereocenters. The zero-order valence-electron chi connectivity index (χ0n) is 16.4. The lowest BCUT2D eigenvalue weighted by atomic mass is 10.1. The van der Waals surface area contributed by atoms with Crippen molar-refractivity contribution in [1.29, 1.82) is 0 Å². The molecule has 150 valence electrons. The molecule has 0 radical (unpaired) electrons. The van der Waals surface area contributed by atoms with Crippen LogP contribution in [-0.4, -0.2) is 17.7 Å². The highest BCUT2D eigenvalue weighted by atomic mass is 16.2. The van der Waals surface area contributed by atoms with Crippen molar-refractivity contribution in [3.63, 3.8) is 0 Å². The number of carbonyl (C=O) groups excluding carboxylic acids is 3. The Morgan fingerprint density at radius 3 is 2.23 bits per heavy atom. The number of carbonyl (C=O) groups is 3. The van der Waals surface area contributed by atoms with Crippen molar-refractivity contribution >= 4 is 29.5 Å². The van der Waals surface area contributed by atoms with Gasteiger partial charge in [0, 0.05) is 11.6 Å². The first kappa shape index (κ1) is 20.5. The SMILES string of the molecule is Cc1cccc(C(=O)NNC(=O)c2ccccc2NC(=O)/C=C/c2ccccc2)c1. The monoisotopic (exact) mass is 399 g/mol.